The summed E-state index contributed by atoms with van der Waals surface area (Å²) >= 11 is 0. The Kier molecular flexibility index (Phi) is 8.02. The van der Waals surface area contributed by atoms with Gasteiger partial charge >= 0.3 is 0 Å². The van der Waals surface area contributed by atoms with E-state index in [2.05, 4.69) is 15.3 Å². The average Bonchev–Trinajstić information content (AvgIpc) is 2.85. The number of aromatic nitrogens is 2. The van der Waals surface area contributed by atoms with Crippen molar-refractivity contribution in [2.75, 3.05) is 63.6 Å². The largest absolute Gasteiger partial charge is 0.492 e. The molecular formula is C25H31FN6O3S. The number of piperazine rings is 1. The number of ether oxygens (including phenoxy) is 1. The molecule has 1 fully saturated rings. The molecule has 2 aromatic carbocycles. The van der Waals surface area contributed by atoms with Gasteiger partial charge in [-0.05, 0) is 69.6 Å². The summed E-state index contributed by atoms with van der Waals surface area (Å²) in [4.78, 5) is 13.4. The summed E-state index contributed by atoms with van der Waals surface area (Å²) in [5.41, 5.74) is 1.48. The van der Waals surface area contributed by atoms with Crippen molar-refractivity contribution in [1.29, 1.82) is 0 Å². The summed E-state index contributed by atoms with van der Waals surface area (Å²) < 4.78 is 46.7. The maximum absolute atomic E-state index is 13.2. The maximum atomic E-state index is 13.2. The zero-order valence-corrected chi connectivity index (χ0v) is 21.5. The lowest BCUT2D eigenvalue weighted by molar-refractivity contribution is 0.261. The Morgan fingerprint density at radius 1 is 1.00 bits per heavy atom. The number of anilines is 3. The minimum absolute atomic E-state index is 0.244. The fourth-order valence-electron chi connectivity index (χ4n) is 3.77. The van der Waals surface area contributed by atoms with Gasteiger partial charge in [-0.1, -0.05) is 0 Å². The second-order valence-corrected chi connectivity index (χ2v) is 10.8. The lowest BCUT2D eigenvalue weighted by atomic mass is 10.3. The molecule has 9 nitrogen and oxygen atoms in total. The van der Waals surface area contributed by atoms with Crippen molar-refractivity contribution < 1.29 is 17.5 Å². The minimum atomic E-state index is -3.62. The first-order chi connectivity index (χ1) is 17.2. The van der Waals surface area contributed by atoms with E-state index in [-0.39, 0.29) is 10.7 Å². The van der Waals surface area contributed by atoms with E-state index < -0.39 is 10.0 Å². The molecule has 0 amide bonds. The molecule has 1 aromatic heterocycles. The lowest BCUT2D eigenvalue weighted by Gasteiger charge is -2.34. The number of sulfonamides is 1. The second-order valence-electron chi connectivity index (χ2n) is 8.84. The van der Waals surface area contributed by atoms with Crippen LogP contribution in [0.3, 0.4) is 0 Å². The minimum Gasteiger partial charge on any atom is -0.492 e. The van der Waals surface area contributed by atoms with Crippen LogP contribution < -0.4 is 15.0 Å². The monoisotopic (exact) mass is 514 g/mol. The number of likely N-dealkylation sites (N-methyl/N-ethyl adjacent to an activating group) is 1. The van der Waals surface area contributed by atoms with Crippen molar-refractivity contribution in [3.8, 4) is 5.75 Å². The highest BCUT2D eigenvalue weighted by Crippen LogP contribution is 2.23. The number of nitrogens with one attached hydrogen (secondary N) is 1. The molecule has 0 radical (unpaired) electrons. The van der Waals surface area contributed by atoms with Crippen molar-refractivity contribution in [3.05, 3.63) is 66.1 Å². The zero-order chi connectivity index (χ0) is 25.7. The summed E-state index contributed by atoms with van der Waals surface area (Å²) in [6.45, 7) is 4.75. The number of benzene rings is 2. The summed E-state index contributed by atoms with van der Waals surface area (Å²) in [7, 11) is 0.312. The molecule has 0 aliphatic carbocycles. The first-order valence-electron chi connectivity index (χ1n) is 11.7. The van der Waals surface area contributed by atoms with E-state index in [1.165, 1.54) is 16.4 Å². The number of nitrogens with zero attached hydrogens (tertiary/aromatic N) is 5. The van der Waals surface area contributed by atoms with Crippen LogP contribution >= 0.6 is 0 Å². The Bertz CT molecular complexity index is 1260. The van der Waals surface area contributed by atoms with Crippen LogP contribution in [0.4, 0.5) is 21.8 Å². The van der Waals surface area contributed by atoms with Gasteiger partial charge in [0, 0.05) is 50.2 Å². The smallest absolute Gasteiger partial charge is 0.243 e. The number of rotatable bonds is 9. The summed E-state index contributed by atoms with van der Waals surface area (Å²) in [6, 6.07) is 14.4. The highest BCUT2D eigenvalue weighted by atomic mass is 32.2. The predicted molar refractivity (Wildman–Crippen MR) is 138 cm³/mol. The molecule has 1 aliphatic rings. The van der Waals surface area contributed by atoms with Crippen molar-refractivity contribution in [2.24, 2.45) is 0 Å². The molecular weight excluding hydrogens is 483 g/mol. The highest BCUT2D eigenvalue weighted by molar-refractivity contribution is 7.89. The van der Waals surface area contributed by atoms with Crippen LogP contribution in [-0.2, 0) is 10.0 Å². The molecule has 2 heterocycles. The molecule has 1 N–H and O–H groups in total. The van der Waals surface area contributed by atoms with Crippen LogP contribution in [0.1, 0.15) is 5.69 Å². The van der Waals surface area contributed by atoms with Gasteiger partial charge < -0.3 is 19.9 Å². The van der Waals surface area contributed by atoms with Gasteiger partial charge in [-0.25, -0.2) is 17.8 Å². The molecule has 0 atom stereocenters. The molecule has 0 unspecified atom stereocenters. The van der Waals surface area contributed by atoms with Gasteiger partial charge in [-0.2, -0.15) is 9.29 Å². The SMILES string of the molecule is Cc1cc(Nc2ccc(F)cc2)nc(N2CCN(S(=O)(=O)c3ccc(OCCN(C)C)cc3)CC2)n1. The average molecular weight is 515 g/mol. The van der Waals surface area contributed by atoms with Crippen LogP contribution in [0.5, 0.6) is 5.75 Å². The van der Waals surface area contributed by atoms with Crippen LogP contribution in [0.15, 0.2) is 59.5 Å². The van der Waals surface area contributed by atoms with Gasteiger partial charge in [0.1, 0.15) is 24.0 Å². The molecule has 1 saturated heterocycles. The summed E-state index contributed by atoms with van der Waals surface area (Å²) in [5.74, 6) is 1.45. The third-order valence-corrected chi connectivity index (χ3v) is 7.66. The van der Waals surface area contributed by atoms with Crippen molar-refractivity contribution >= 4 is 27.5 Å². The van der Waals surface area contributed by atoms with Gasteiger partial charge in [0.15, 0.2) is 0 Å². The molecule has 36 heavy (non-hydrogen) atoms. The van der Waals surface area contributed by atoms with Crippen LogP contribution in [0, 0.1) is 12.7 Å². The number of hydrogen-bond acceptors (Lipinski definition) is 8. The van der Waals surface area contributed by atoms with E-state index in [4.69, 9.17) is 4.74 Å². The third kappa shape index (κ3) is 6.48. The Labute approximate surface area is 211 Å². The van der Waals surface area contributed by atoms with Gasteiger partial charge in [0.05, 0.1) is 4.90 Å². The third-order valence-electron chi connectivity index (χ3n) is 5.75. The van der Waals surface area contributed by atoms with Crippen LogP contribution in [-0.4, -0.2) is 81.0 Å². The van der Waals surface area contributed by atoms with Gasteiger partial charge in [-0.15, -0.1) is 0 Å². The van der Waals surface area contributed by atoms with E-state index >= 15 is 0 Å². The normalized spacial score (nSPS) is 14.8. The molecule has 0 bridgehead atoms. The Morgan fingerprint density at radius 3 is 2.31 bits per heavy atom. The predicted octanol–water partition coefficient (Wildman–Crippen LogP) is 3.12. The Balaban J connectivity index is 1.38. The summed E-state index contributed by atoms with van der Waals surface area (Å²) in [6.07, 6.45) is 0. The lowest BCUT2D eigenvalue weighted by Crippen LogP contribution is -2.49. The fraction of sp³-hybridized carbons (Fsp3) is 0.360. The van der Waals surface area contributed by atoms with E-state index in [1.807, 2.05) is 30.8 Å². The van der Waals surface area contributed by atoms with E-state index in [1.54, 1.807) is 42.5 Å². The molecule has 4 rings (SSSR count). The van der Waals surface area contributed by atoms with Crippen molar-refractivity contribution in [3.63, 3.8) is 0 Å². The quantitative estimate of drug-likeness (QED) is 0.466. The Morgan fingerprint density at radius 2 is 1.67 bits per heavy atom. The number of hydrogen-bond donors (Lipinski definition) is 1. The number of aryl methyl sites for hydroxylation is 1. The van der Waals surface area contributed by atoms with Crippen molar-refractivity contribution in [1.82, 2.24) is 19.2 Å². The first kappa shape index (κ1) is 25.8. The van der Waals surface area contributed by atoms with Gasteiger partial charge in [0.2, 0.25) is 16.0 Å². The maximum Gasteiger partial charge on any atom is 0.243 e. The molecule has 0 saturated carbocycles. The molecule has 192 valence electrons. The van der Waals surface area contributed by atoms with Crippen LogP contribution in [0.25, 0.3) is 0 Å². The van der Waals surface area contributed by atoms with Gasteiger partial charge in [-0.3, -0.25) is 0 Å². The fourth-order valence-corrected chi connectivity index (χ4v) is 5.19. The Hall–Kier alpha value is -3.28. The molecule has 0 spiro atoms. The molecule has 1 aliphatic heterocycles. The van der Waals surface area contributed by atoms with Crippen LogP contribution in [0.2, 0.25) is 0 Å². The second kappa shape index (κ2) is 11.2. The highest BCUT2D eigenvalue weighted by Gasteiger charge is 2.29. The molecule has 3 aromatic rings. The van der Waals surface area contributed by atoms with E-state index in [0.717, 1.165) is 12.2 Å². The number of halogens is 1. The van der Waals surface area contributed by atoms with E-state index in [9.17, 15) is 12.8 Å². The van der Waals surface area contributed by atoms with Gasteiger partial charge in [0.25, 0.3) is 0 Å². The zero-order valence-electron chi connectivity index (χ0n) is 20.7. The van der Waals surface area contributed by atoms with E-state index in [0.29, 0.717) is 56.0 Å². The summed E-state index contributed by atoms with van der Waals surface area (Å²) in [5, 5.41) is 3.17. The molecule has 11 heteroatoms. The standard InChI is InChI=1S/C25H31FN6O3S/c1-19-18-24(28-21-6-4-20(26)5-7-21)29-25(27-19)31-12-14-32(15-13-31)36(33,34)23-10-8-22(9-11-23)35-17-16-30(2)3/h4-11,18H,12-17H2,1-3H3,(H,27,28,29). The van der Waals surface area contributed by atoms with Crippen molar-refractivity contribution in [2.45, 2.75) is 11.8 Å². The topological polar surface area (TPSA) is 90.9 Å². The first-order valence-corrected chi connectivity index (χ1v) is 13.2.